The van der Waals surface area contributed by atoms with Crippen LogP contribution in [0.5, 0.6) is 0 Å². The Morgan fingerprint density at radius 3 is 2.77 bits per heavy atom. The third-order valence-electron chi connectivity index (χ3n) is 4.88. The molecule has 1 N–H and O–H groups in total. The molecule has 30 heavy (non-hydrogen) atoms. The largest absolute Gasteiger partial charge is 0.455 e. The van der Waals surface area contributed by atoms with Crippen molar-refractivity contribution >= 4 is 44.0 Å². The highest BCUT2D eigenvalue weighted by Crippen LogP contribution is 2.28. The molecule has 0 unspecified atom stereocenters. The molecule has 1 saturated heterocycles. The van der Waals surface area contributed by atoms with Crippen LogP contribution in [0.15, 0.2) is 45.8 Å². The van der Waals surface area contributed by atoms with Gasteiger partial charge < -0.3 is 4.42 Å². The topological polar surface area (TPSA) is 92.5 Å². The number of carbonyl (C=O) groups excluding carboxylic acids is 1. The first-order valence-corrected chi connectivity index (χ1v) is 12.1. The second-order valence-electron chi connectivity index (χ2n) is 7.00. The monoisotopic (exact) mass is 465 g/mol. The summed E-state index contributed by atoms with van der Waals surface area (Å²) in [5.41, 5.74) is 0.971. The Balaban J connectivity index is 1.47. The number of nitrogens with one attached hydrogen (secondary N) is 1. The number of furan rings is 1. The zero-order chi connectivity index (χ0) is 21.3. The minimum Gasteiger partial charge on any atom is -0.455 e. The van der Waals surface area contributed by atoms with Crippen LogP contribution in [0.1, 0.15) is 39.6 Å². The van der Waals surface area contributed by atoms with Gasteiger partial charge in [-0.1, -0.05) is 29.8 Å². The summed E-state index contributed by atoms with van der Waals surface area (Å²) in [6.45, 7) is 2.52. The van der Waals surface area contributed by atoms with Crippen molar-refractivity contribution in [1.29, 1.82) is 0 Å². The summed E-state index contributed by atoms with van der Waals surface area (Å²) in [5, 5.41) is 3.75. The zero-order valence-electron chi connectivity index (χ0n) is 16.2. The maximum Gasteiger partial charge on any atom is 0.293 e. The maximum atomic E-state index is 12.8. The Morgan fingerprint density at radius 1 is 1.30 bits per heavy atom. The van der Waals surface area contributed by atoms with Gasteiger partial charge in [0.15, 0.2) is 10.9 Å². The lowest BCUT2D eigenvalue weighted by molar-refractivity contribution is 0.0995. The van der Waals surface area contributed by atoms with Crippen molar-refractivity contribution in [2.45, 2.75) is 31.1 Å². The molecular formula is C20H20ClN3O4S2. The molecule has 0 saturated carbocycles. The van der Waals surface area contributed by atoms with Crippen LogP contribution >= 0.6 is 22.9 Å². The van der Waals surface area contributed by atoms with Gasteiger partial charge in [-0.2, -0.15) is 4.31 Å². The van der Waals surface area contributed by atoms with Crippen LogP contribution in [0.3, 0.4) is 0 Å². The van der Waals surface area contributed by atoms with Crippen molar-refractivity contribution in [2.75, 3.05) is 18.4 Å². The van der Waals surface area contributed by atoms with E-state index in [1.807, 2.05) is 24.3 Å². The summed E-state index contributed by atoms with van der Waals surface area (Å²) >= 11 is 7.52. The lowest BCUT2D eigenvalue weighted by Crippen LogP contribution is -2.28. The number of amides is 1. The van der Waals surface area contributed by atoms with Gasteiger partial charge in [-0.05, 0) is 31.4 Å². The Hall–Kier alpha value is -2.20. The summed E-state index contributed by atoms with van der Waals surface area (Å²) in [7, 11) is -3.66. The molecule has 0 radical (unpaired) electrons. The van der Waals surface area contributed by atoms with Gasteiger partial charge in [0, 0.05) is 41.7 Å². The van der Waals surface area contributed by atoms with E-state index in [1.54, 1.807) is 13.1 Å². The number of halogens is 1. The molecule has 10 heteroatoms. The second-order valence-corrected chi connectivity index (χ2v) is 10.4. The molecule has 1 aliphatic rings. The fraction of sp³-hybridized carbons (Fsp3) is 0.300. The standard InChI is InChI=1S/C20H20ClN3O4S2/c1-13-18(30(26,27)24-8-4-5-9-24)11-17(28-13)19(25)23-20-22-12-15(29-20)10-14-6-2-3-7-16(14)21/h2-3,6-7,11-12H,4-5,8-10H2,1H3,(H,22,23,25). The molecule has 0 bridgehead atoms. The quantitative estimate of drug-likeness (QED) is 0.585. The van der Waals surface area contributed by atoms with Crippen molar-refractivity contribution in [1.82, 2.24) is 9.29 Å². The Morgan fingerprint density at radius 2 is 2.03 bits per heavy atom. The van der Waals surface area contributed by atoms with Gasteiger partial charge in [-0.3, -0.25) is 10.1 Å². The van der Waals surface area contributed by atoms with Crippen LogP contribution in [-0.4, -0.2) is 36.7 Å². The minimum absolute atomic E-state index is 0.0353. The molecule has 1 amide bonds. The maximum absolute atomic E-state index is 12.8. The third-order valence-corrected chi connectivity index (χ3v) is 8.16. The van der Waals surface area contributed by atoms with Gasteiger partial charge in [0.25, 0.3) is 5.91 Å². The van der Waals surface area contributed by atoms with Gasteiger partial charge in [-0.25, -0.2) is 13.4 Å². The van der Waals surface area contributed by atoms with Crippen molar-refractivity contribution in [2.24, 2.45) is 0 Å². The molecular weight excluding hydrogens is 446 g/mol. The fourth-order valence-electron chi connectivity index (χ4n) is 3.34. The van der Waals surface area contributed by atoms with Gasteiger partial charge in [0.1, 0.15) is 10.7 Å². The van der Waals surface area contributed by atoms with Crippen LogP contribution in [0.4, 0.5) is 5.13 Å². The number of aryl methyl sites for hydroxylation is 1. The molecule has 1 aromatic carbocycles. The van der Waals surface area contributed by atoms with Crippen LogP contribution < -0.4 is 5.32 Å². The lowest BCUT2D eigenvalue weighted by Gasteiger charge is -2.14. The number of thiazole rings is 1. The highest BCUT2D eigenvalue weighted by atomic mass is 35.5. The van der Waals surface area contributed by atoms with Gasteiger partial charge in [0.05, 0.1) is 0 Å². The first kappa shape index (κ1) is 21.0. The van der Waals surface area contributed by atoms with E-state index in [0.29, 0.717) is 29.7 Å². The molecule has 0 aliphatic carbocycles. The average Bonchev–Trinajstić information content (AvgIpc) is 3.45. The van der Waals surface area contributed by atoms with Crippen molar-refractivity contribution in [3.05, 3.63) is 63.5 Å². The molecule has 1 aliphatic heterocycles. The van der Waals surface area contributed by atoms with Crippen LogP contribution in [0.2, 0.25) is 5.02 Å². The van der Waals surface area contributed by atoms with Crippen molar-refractivity contribution in [3.8, 4) is 0 Å². The van der Waals surface area contributed by atoms with E-state index >= 15 is 0 Å². The summed E-state index contributed by atoms with van der Waals surface area (Å²) in [5.74, 6) is -0.404. The minimum atomic E-state index is -3.66. The summed E-state index contributed by atoms with van der Waals surface area (Å²) in [6.07, 6.45) is 3.96. The highest BCUT2D eigenvalue weighted by molar-refractivity contribution is 7.89. The molecule has 0 spiro atoms. The van der Waals surface area contributed by atoms with Gasteiger partial charge in [-0.15, -0.1) is 11.3 Å². The molecule has 3 aromatic rings. The number of anilines is 1. The molecule has 3 heterocycles. The number of benzene rings is 1. The predicted octanol–water partition coefficient (Wildman–Crippen LogP) is 4.33. The summed E-state index contributed by atoms with van der Waals surface area (Å²) in [4.78, 5) is 17.8. The number of aromatic nitrogens is 1. The molecule has 158 valence electrons. The number of hydrogen-bond donors (Lipinski definition) is 1. The highest BCUT2D eigenvalue weighted by Gasteiger charge is 2.31. The van der Waals surface area contributed by atoms with E-state index in [4.69, 9.17) is 16.0 Å². The number of nitrogens with zero attached hydrogens (tertiary/aromatic N) is 2. The van der Waals surface area contributed by atoms with E-state index < -0.39 is 15.9 Å². The zero-order valence-corrected chi connectivity index (χ0v) is 18.6. The normalized spacial score (nSPS) is 14.9. The molecule has 0 atom stereocenters. The Kier molecular flexibility index (Phi) is 5.97. The fourth-order valence-corrected chi connectivity index (χ4v) is 6.05. The van der Waals surface area contributed by atoms with Crippen molar-refractivity contribution < 1.29 is 17.6 Å². The predicted molar refractivity (Wildman–Crippen MR) is 116 cm³/mol. The number of sulfonamides is 1. The number of rotatable bonds is 6. The van der Waals surface area contributed by atoms with E-state index in [-0.39, 0.29) is 16.4 Å². The smallest absolute Gasteiger partial charge is 0.293 e. The van der Waals surface area contributed by atoms with Crippen LogP contribution in [0, 0.1) is 6.92 Å². The second kappa shape index (κ2) is 8.50. The Bertz CT molecular complexity index is 1180. The van der Waals surface area contributed by atoms with E-state index in [0.717, 1.165) is 23.3 Å². The van der Waals surface area contributed by atoms with E-state index in [1.165, 1.54) is 21.7 Å². The summed E-state index contributed by atoms with van der Waals surface area (Å²) < 4.78 is 32.4. The molecule has 7 nitrogen and oxygen atoms in total. The molecule has 4 rings (SSSR count). The number of hydrogen-bond acceptors (Lipinski definition) is 6. The lowest BCUT2D eigenvalue weighted by atomic mass is 10.1. The third kappa shape index (κ3) is 4.29. The van der Waals surface area contributed by atoms with Gasteiger partial charge in [0.2, 0.25) is 10.0 Å². The van der Waals surface area contributed by atoms with Crippen LogP contribution in [0.25, 0.3) is 0 Å². The number of carbonyl (C=O) groups is 1. The molecule has 2 aromatic heterocycles. The molecule has 1 fully saturated rings. The first-order valence-electron chi connectivity index (χ1n) is 9.44. The van der Waals surface area contributed by atoms with Crippen LogP contribution in [-0.2, 0) is 16.4 Å². The van der Waals surface area contributed by atoms with Gasteiger partial charge >= 0.3 is 0 Å². The Labute approximate surface area is 183 Å². The first-order chi connectivity index (χ1) is 14.3. The SMILES string of the molecule is Cc1oc(C(=O)Nc2ncc(Cc3ccccc3Cl)s2)cc1S(=O)(=O)N1CCCC1. The van der Waals surface area contributed by atoms with Crippen molar-refractivity contribution in [3.63, 3.8) is 0 Å². The summed E-state index contributed by atoms with van der Waals surface area (Å²) in [6, 6.07) is 8.84. The van der Waals surface area contributed by atoms with E-state index in [9.17, 15) is 13.2 Å². The average molecular weight is 466 g/mol. The van der Waals surface area contributed by atoms with E-state index in [2.05, 4.69) is 10.3 Å².